The van der Waals surface area contributed by atoms with Crippen molar-refractivity contribution in [1.29, 1.82) is 0 Å². The zero-order valence-corrected chi connectivity index (χ0v) is 13.0. The topological polar surface area (TPSA) is 9.23 Å². The van der Waals surface area contributed by atoms with E-state index in [9.17, 15) is 0 Å². The molecule has 2 aromatic carbocycles. The molecule has 0 radical (unpaired) electrons. The smallest absolute Gasteiger partial charge is 0.120 e. The van der Waals surface area contributed by atoms with E-state index >= 15 is 0 Å². The van der Waals surface area contributed by atoms with E-state index < -0.39 is 0 Å². The first-order valence-electron chi connectivity index (χ1n) is 7.65. The Balaban J connectivity index is 1.70. The quantitative estimate of drug-likeness (QED) is 0.732. The maximum atomic E-state index is 6.40. The molecule has 0 unspecified atom stereocenters. The number of hydrogen-bond donors (Lipinski definition) is 0. The minimum Gasteiger partial charge on any atom is -0.497 e. The lowest BCUT2D eigenvalue weighted by Crippen LogP contribution is -2.14. The van der Waals surface area contributed by atoms with Gasteiger partial charge in [0, 0.05) is 5.56 Å². The van der Waals surface area contributed by atoms with Crippen LogP contribution in [-0.2, 0) is 12.8 Å². The van der Waals surface area contributed by atoms with Gasteiger partial charge in [0.2, 0.25) is 0 Å². The Kier molecular flexibility index (Phi) is 3.00. The van der Waals surface area contributed by atoms with E-state index in [4.69, 9.17) is 16.3 Å². The summed E-state index contributed by atoms with van der Waals surface area (Å²) in [5.74, 6) is 0.803. The van der Waals surface area contributed by atoms with Gasteiger partial charge in [-0.1, -0.05) is 29.8 Å². The highest BCUT2D eigenvalue weighted by Crippen LogP contribution is 2.54. The molecule has 0 aromatic heterocycles. The highest BCUT2D eigenvalue weighted by Gasteiger charge is 2.44. The Hall–Kier alpha value is -1.47. The molecular weight excluding hydrogens is 280 g/mol. The van der Waals surface area contributed by atoms with Crippen LogP contribution in [0, 0.1) is 5.41 Å². The van der Waals surface area contributed by atoms with Crippen molar-refractivity contribution in [1.82, 2.24) is 0 Å². The molecule has 2 heteroatoms. The first kappa shape index (κ1) is 13.2. The van der Waals surface area contributed by atoms with Crippen molar-refractivity contribution in [3.63, 3.8) is 0 Å². The Morgan fingerprint density at radius 1 is 1.00 bits per heavy atom. The highest BCUT2D eigenvalue weighted by atomic mass is 35.5. The average molecular weight is 299 g/mol. The van der Waals surface area contributed by atoms with Crippen molar-refractivity contribution >= 4 is 11.6 Å². The molecule has 0 amide bonds. The van der Waals surface area contributed by atoms with Crippen molar-refractivity contribution in [2.24, 2.45) is 5.41 Å². The van der Waals surface area contributed by atoms with Crippen LogP contribution in [0.1, 0.15) is 30.4 Å². The lowest BCUT2D eigenvalue weighted by Gasteiger charge is -2.24. The Labute approximate surface area is 130 Å². The Morgan fingerprint density at radius 2 is 1.86 bits per heavy atom. The lowest BCUT2D eigenvalue weighted by molar-refractivity contribution is 0.415. The van der Waals surface area contributed by atoms with E-state index in [1.54, 1.807) is 12.7 Å². The largest absolute Gasteiger partial charge is 0.497 e. The minimum atomic E-state index is 0.673. The number of hydrogen-bond acceptors (Lipinski definition) is 1. The van der Waals surface area contributed by atoms with E-state index in [2.05, 4.69) is 18.2 Å². The molecule has 1 fully saturated rings. The van der Waals surface area contributed by atoms with Crippen LogP contribution in [0.5, 0.6) is 5.75 Å². The Morgan fingerprint density at radius 3 is 2.57 bits per heavy atom. The van der Waals surface area contributed by atoms with E-state index in [0.717, 1.165) is 16.3 Å². The summed E-state index contributed by atoms with van der Waals surface area (Å²) in [4.78, 5) is 0. The van der Waals surface area contributed by atoms with Gasteiger partial charge >= 0.3 is 0 Å². The van der Waals surface area contributed by atoms with Crippen LogP contribution in [0.4, 0.5) is 0 Å². The molecule has 0 saturated heterocycles. The van der Waals surface area contributed by atoms with Crippen molar-refractivity contribution < 1.29 is 4.74 Å². The van der Waals surface area contributed by atoms with Crippen LogP contribution in [0.3, 0.4) is 0 Å². The number of methoxy groups -OCH3 is 1. The van der Waals surface area contributed by atoms with E-state index in [0.29, 0.717) is 5.41 Å². The van der Waals surface area contributed by atoms with Crippen LogP contribution < -0.4 is 4.74 Å². The lowest BCUT2D eigenvalue weighted by atomic mass is 9.80. The SMILES string of the molecule is COc1ccc(-c2ccc3c(c2)CCC2(CC2)C3)c(Cl)c1. The molecule has 21 heavy (non-hydrogen) atoms. The number of benzene rings is 2. The number of ether oxygens (including phenoxy) is 1. The summed E-state index contributed by atoms with van der Waals surface area (Å²) < 4.78 is 5.22. The third-order valence-electron chi connectivity index (χ3n) is 5.14. The molecule has 1 nitrogen and oxygen atoms in total. The summed E-state index contributed by atoms with van der Waals surface area (Å²) in [6, 6.07) is 12.8. The predicted molar refractivity (Wildman–Crippen MR) is 87.1 cm³/mol. The van der Waals surface area contributed by atoms with Crippen LogP contribution >= 0.6 is 11.6 Å². The predicted octanol–water partition coefficient (Wildman–Crippen LogP) is 5.28. The summed E-state index contributed by atoms with van der Waals surface area (Å²) in [6.45, 7) is 0. The van der Waals surface area contributed by atoms with Crippen LogP contribution in [0.2, 0.25) is 5.02 Å². The highest BCUT2D eigenvalue weighted by molar-refractivity contribution is 6.33. The average Bonchev–Trinajstić information content (AvgIpc) is 3.26. The van der Waals surface area contributed by atoms with Crippen molar-refractivity contribution in [3.05, 3.63) is 52.5 Å². The normalized spacial score (nSPS) is 18.4. The van der Waals surface area contributed by atoms with Gasteiger partial charge in [0.1, 0.15) is 5.75 Å². The summed E-state index contributed by atoms with van der Waals surface area (Å²) in [5, 5.41) is 0.753. The van der Waals surface area contributed by atoms with Gasteiger partial charge in [-0.3, -0.25) is 0 Å². The Bertz CT molecular complexity index is 701. The molecule has 1 spiro atoms. The zero-order valence-electron chi connectivity index (χ0n) is 12.3. The first-order valence-corrected chi connectivity index (χ1v) is 8.03. The number of halogens is 1. The summed E-state index contributed by atoms with van der Waals surface area (Å²) in [6.07, 6.45) is 6.71. The van der Waals surface area contributed by atoms with Gasteiger partial charge in [0.15, 0.2) is 0 Å². The molecule has 2 aliphatic rings. The van der Waals surface area contributed by atoms with E-state index in [1.165, 1.54) is 43.2 Å². The maximum absolute atomic E-state index is 6.40. The fourth-order valence-corrected chi connectivity index (χ4v) is 3.83. The van der Waals surface area contributed by atoms with Crippen LogP contribution in [-0.4, -0.2) is 7.11 Å². The molecule has 2 aromatic rings. The molecule has 0 N–H and O–H groups in total. The van der Waals surface area contributed by atoms with Gasteiger partial charge in [-0.2, -0.15) is 0 Å². The van der Waals surface area contributed by atoms with Crippen LogP contribution in [0.15, 0.2) is 36.4 Å². The maximum Gasteiger partial charge on any atom is 0.120 e. The number of rotatable bonds is 2. The van der Waals surface area contributed by atoms with Gasteiger partial charge < -0.3 is 4.74 Å². The monoisotopic (exact) mass is 298 g/mol. The van der Waals surface area contributed by atoms with E-state index in [1.807, 2.05) is 18.2 Å². The molecule has 0 aliphatic heterocycles. The fourth-order valence-electron chi connectivity index (χ4n) is 3.55. The third-order valence-corrected chi connectivity index (χ3v) is 5.45. The summed E-state index contributed by atoms with van der Waals surface area (Å²) >= 11 is 6.40. The van der Waals surface area contributed by atoms with E-state index in [-0.39, 0.29) is 0 Å². The number of aryl methyl sites for hydroxylation is 1. The zero-order chi connectivity index (χ0) is 14.4. The first-order chi connectivity index (χ1) is 10.2. The molecule has 0 bridgehead atoms. The second-order valence-corrected chi connectivity index (χ2v) is 6.91. The van der Waals surface area contributed by atoms with Crippen molar-refractivity contribution in [3.8, 4) is 16.9 Å². The minimum absolute atomic E-state index is 0.673. The molecule has 2 aliphatic carbocycles. The van der Waals surface area contributed by atoms with Crippen LogP contribution in [0.25, 0.3) is 11.1 Å². The summed E-state index contributed by atoms with van der Waals surface area (Å²) in [7, 11) is 1.66. The van der Waals surface area contributed by atoms with Crippen molar-refractivity contribution in [2.45, 2.75) is 32.1 Å². The van der Waals surface area contributed by atoms with Gasteiger partial charge in [0.05, 0.1) is 12.1 Å². The molecule has 108 valence electrons. The fraction of sp³-hybridized carbons (Fsp3) is 0.368. The van der Waals surface area contributed by atoms with Gasteiger partial charge in [-0.15, -0.1) is 0 Å². The second-order valence-electron chi connectivity index (χ2n) is 6.51. The second kappa shape index (κ2) is 4.78. The van der Waals surface area contributed by atoms with Gasteiger partial charge in [0.25, 0.3) is 0 Å². The number of fused-ring (bicyclic) bond motifs is 1. The molecule has 4 rings (SSSR count). The van der Waals surface area contributed by atoms with Gasteiger partial charge in [-0.25, -0.2) is 0 Å². The third kappa shape index (κ3) is 2.34. The van der Waals surface area contributed by atoms with Crippen molar-refractivity contribution in [2.75, 3.05) is 7.11 Å². The molecule has 0 atom stereocenters. The molecular formula is C19H19ClO. The van der Waals surface area contributed by atoms with Gasteiger partial charge in [-0.05, 0) is 72.4 Å². The standard InChI is InChI=1S/C19H19ClO/c1-21-16-4-5-17(18(20)11-16)14-2-3-15-12-19(8-9-19)7-6-13(15)10-14/h2-5,10-11H,6-9,12H2,1H3. The molecule has 0 heterocycles. The molecule has 1 saturated carbocycles. The summed E-state index contributed by atoms with van der Waals surface area (Å²) in [5.41, 5.74) is 6.04.